The topological polar surface area (TPSA) is 86.5 Å². The summed E-state index contributed by atoms with van der Waals surface area (Å²) in [6.07, 6.45) is 7.02. The van der Waals surface area contributed by atoms with E-state index in [0.717, 1.165) is 29.0 Å². The first-order valence-electron chi connectivity index (χ1n) is 11.3. The minimum Gasteiger partial charge on any atom is -0.350 e. The van der Waals surface area contributed by atoms with Crippen LogP contribution in [0.2, 0.25) is 0 Å². The number of aromatic nitrogens is 2. The summed E-state index contributed by atoms with van der Waals surface area (Å²) in [5.41, 5.74) is 0. The Labute approximate surface area is 199 Å². The van der Waals surface area contributed by atoms with Crippen molar-refractivity contribution < 1.29 is 9.63 Å². The molecule has 2 aromatic rings. The van der Waals surface area contributed by atoms with Crippen molar-refractivity contribution in [3.8, 4) is 0 Å². The molecule has 3 heterocycles. The molecule has 1 amide bonds. The van der Waals surface area contributed by atoms with Crippen LogP contribution in [0, 0.1) is 0 Å². The van der Waals surface area contributed by atoms with E-state index in [1.54, 1.807) is 29.8 Å². The molecule has 178 valence electrons. The number of carbonyl (C=O) groups excluding carboxylic acids is 1. The number of aryl methyl sites for hydroxylation is 1. The summed E-state index contributed by atoms with van der Waals surface area (Å²) in [6.45, 7) is 14.9. The summed E-state index contributed by atoms with van der Waals surface area (Å²) in [6, 6.07) is 2.38. The van der Waals surface area contributed by atoms with Gasteiger partial charge in [-0.1, -0.05) is 19.1 Å². The Bertz CT molecular complexity index is 977. The predicted octanol–water partition coefficient (Wildman–Crippen LogP) is 4.04. The first-order chi connectivity index (χ1) is 16.1. The molecule has 0 unspecified atom stereocenters. The molecular weight excluding hydrogens is 438 g/mol. The minimum absolute atomic E-state index is 0.144. The molecule has 0 aliphatic carbocycles. The van der Waals surface area contributed by atoms with E-state index in [1.807, 2.05) is 4.90 Å². The van der Waals surface area contributed by atoms with Gasteiger partial charge in [0.1, 0.15) is 17.0 Å². The van der Waals surface area contributed by atoms with Gasteiger partial charge in [-0.05, 0) is 31.1 Å². The van der Waals surface area contributed by atoms with Crippen LogP contribution in [0.1, 0.15) is 31.6 Å². The second-order valence-corrected chi connectivity index (χ2v) is 8.94. The summed E-state index contributed by atoms with van der Waals surface area (Å²) < 4.78 is 0. The van der Waals surface area contributed by atoms with Crippen LogP contribution in [0.3, 0.4) is 0 Å². The molecular formula is C23H33N7O2S. The standard InChI is InChI=1S/C23H33N7O2S/c1-5-10-26-27-30(11-6-2)32-14-8-9-21(31)28-12-13-29(18(4)16-28)22-20-15-19(7-3)33-23(20)25-17-24-22/h5-6,15,17-18H,1-2,7-14,16H2,3-4H3/t18-/m1/s1. The highest BCUT2D eigenvalue weighted by atomic mass is 32.1. The van der Waals surface area contributed by atoms with Gasteiger partial charge in [0.05, 0.1) is 25.1 Å². The van der Waals surface area contributed by atoms with Gasteiger partial charge in [0.25, 0.3) is 0 Å². The Morgan fingerprint density at radius 2 is 2.21 bits per heavy atom. The van der Waals surface area contributed by atoms with Crippen LogP contribution in [0.5, 0.6) is 0 Å². The number of rotatable bonds is 12. The molecule has 1 fully saturated rings. The smallest absolute Gasteiger partial charge is 0.222 e. The Hall–Kier alpha value is -2.85. The third-order valence-electron chi connectivity index (χ3n) is 5.39. The SMILES string of the molecule is C=CCN=NN(CC=C)OCCCC(=O)N1CCN(c2ncnc3sc(CC)cc23)[C@H](C)C1. The fourth-order valence-corrected chi connectivity index (χ4v) is 4.67. The number of amides is 1. The highest BCUT2D eigenvalue weighted by Crippen LogP contribution is 2.32. The van der Waals surface area contributed by atoms with Crippen LogP contribution in [-0.4, -0.2) is 71.3 Å². The zero-order valence-electron chi connectivity index (χ0n) is 19.5. The molecule has 1 saturated heterocycles. The van der Waals surface area contributed by atoms with E-state index in [-0.39, 0.29) is 11.9 Å². The van der Waals surface area contributed by atoms with E-state index >= 15 is 0 Å². The normalized spacial score (nSPS) is 16.5. The van der Waals surface area contributed by atoms with Gasteiger partial charge in [-0.3, -0.25) is 9.63 Å². The Kier molecular flexibility index (Phi) is 9.32. The van der Waals surface area contributed by atoms with Gasteiger partial charge in [-0.2, -0.15) is 10.3 Å². The van der Waals surface area contributed by atoms with Crippen molar-refractivity contribution in [2.24, 2.45) is 10.3 Å². The molecule has 2 aromatic heterocycles. The molecule has 0 saturated carbocycles. The Balaban J connectivity index is 1.49. The first kappa shape index (κ1) is 24.8. The minimum atomic E-state index is 0.144. The number of anilines is 1. The summed E-state index contributed by atoms with van der Waals surface area (Å²) in [4.78, 5) is 34.0. The average molecular weight is 472 g/mol. The average Bonchev–Trinajstić information content (AvgIpc) is 3.25. The monoisotopic (exact) mass is 471 g/mol. The number of piperazine rings is 1. The summed E-state index contributed by atoms with van der Waals surface area (Å²) in [5.74, 6) is 1.11. The van der Waals surface area contributed by atoms with Gasteiger partial charge < -0.3 is 9.80 Å². The predicted molar refractivity (Wildman–Crippen MR) is 132 cm³/mol. The highest BCUT2D eigenvalue weighted by molar-refractivity contribution is 7.18. The fraction of sp³-hybridized carbons (Fsp3) is 0.522. The number of hydrogen-bond acceptors (Lipinski definition) is 8. The van der Waals surface area contributed by atoms with Crippen molar-refractivity contribution in [2.45, 2.75) is 39.2 Å². The lowest BCUT2D eigenvalue weighted by atomic mass is 10.1. The first-order valence-corrected chi connectivity index (χ1v) is 12.2. The van der Waals surface area contributed by atoms with Crippen LogP contribution in [0.25, 0.3) is 10.2 Å². The number of thiophene rings is 1. The molecule has 0 aromatic carbocycles. The molecule has 0 radical (unpaired) electrons. The van der Waals surface area contributed by atoms with E-state index < -0.39 is 0 Å². The lowest BCUT2D eigenvalue weighted by Gasteiger charge is -2.40. The van der Waals surface area contributed by atoms with Crippen molar-refractivity contribution in [1.82, 2.24) is 20.0 Å². The third kappa shape index (κ3) is 6.58. The van der Waals surface area contributed by atoms with E-state index in [9.17, 15) is 4.79 Å². The van der Waals surface area contributed by atoms with Crippen LogP contribution >= 0.6 is 11.3 Å². The van der Waals surface area contributed by atoms with Crippen molar-refractivity contribution in [2.75, 3.05) is 44.2 Å². The second-order valence-electron chi connectivity index (χ2n) is 7.83. The number of hydrogen-bond donors (Lipinski definition) is 0. The van der Waals surface area contributed by atoms with Gasteiger partial charge in [-0.15, -0.1) is 24.5 Å². The van der Waals surface area contributed by atoms with Gasteiger partial charge in [-0.25, -0.2) is 9.97 Å². The van der Waals surface area contributed by atoms with Crippen molar-refractivity contribution >= 4 is 33.3 Å². The molecule has 0 N–H and O–H groups in total. The molecule has 3 rings (SSSR count). The zero-order valence-corrected chi connectivity index (χ0v) is 20.3. The molecule has 10 heteroatoms. The number of nitrogens with zero attached hydrogens (tertiary/aromatic N) is 7. The van der Waals surface area contributed by atoms with Crippen molar-refractivity contribution in [3.63, 3.8) is 0 Å². The fourth-order valence-electron chi connectivity index (χ4n) is 3.74. The molecule has 9 nitrogen and oxygen atoms in total. The summed E-state index contributed by atoms with van der Waals surface area (Å²) in [5, 5.41) is 10.4. The van der Waals surface area contributed by atoms with E-state index in [4.69, 9.17) is 4.84 Å². The number of fused-ring (bicyclic) bond motifs is 1. The molecule has 0 bridgehead atoms. The quantitative estimate of drug-likeness (QED) is 0.201. The maximum atomic E-state index is 12.8. The Morgan fingerprint density at radius 3 is 2.94 bits per heavy atom. The second kappa shape index (κ2) is 12.4. The van der Waals surface area contributed by atoms with Crippen molar-refractivity contribution in [3.05, 3.63) is 42.6 Å². The van der Waals surface area contributed by atoms with Crippen LogP contribution < -0.4 is 4.90 Å². The zero-order chi connectivity index (χ0) is 23.6. The van der Waals surface area contributed by atoms with Gasteiger partial charge in [0, 0.05) is 37.0 Å². The van der Waals surface area contributed by atoms with Crippen LogP contribution in [0.4, 0.5) is 5.82 Å². The lowest BCUT2D eigenvalue weighted by Crippen LogP contribution is -2.54. The maximum Gasteiger partial charge on any atom is 0.222 e. The molecule has 0 spiro atoms. The van der Waals surface area contributed by atoms with Crippen LogP contribution in [0.15, 0.2) is 48.0 Å². The maximum absolute atomic E-state index is 12.8. The summed E-state index contributed by atoms with van der Waals surface area (Å²) >= 11 is 1.72. The van der Waals surface area contributed by atoms with Gasteiger partial charge in [0.2, 0.25) is 5.91 Å². The molecule has 33 heavy (non-hydrogen) atoms. The largest absolute Gasteiger partial charge is 0.350 e. The number of hydroxylamine groups is 1. The molecule has 1 atom stereocenters. The summed E-state index contributed by atoms with van der Waals surface area (Å²) in [7, 11) is 0. The molecule has 1 aliphatic heterocycles. The van der Waals surface area contributed by atoms with E-state index in [2.05, 4.69) is 58.3 Å². The molecule has 1 aliphatic rings. The van der Waals surface area contributed by atoms with Gasteiger partial charge in [0.15, 0.2) is 0 Å². The third-order valence-corrected chi connectivity index (χ3v) is 6.58. The van der Waals surface area contributed by atoms with Crippen molar-refractivity contribution in [1.29, 1.82) is 0 Å². The van der Waals surface area contributed by atoms with E-state index in [1.165, 1.54) is 10.0 Å². The lowest BCUT2D eigenvalue weighted by molar-refractivity contribution is -0.160. The van der Waals surface area contributed by atoms with Gasteiger partial charge >= 0.3 is 0 Å². The Morgan fingerprint density at radius 1 is 1.36 bits per heavy atom. The van der Waals surface area contributed by atoms with E-state index in [0.29, 0.717) is 45.6 Å². The highest BCUT2D eigenvalue weighted by Gasteiger charge is 2.28. The number of carbonyl (C=O) groups is 1. The van der Waals surface area contributed by atoms with Crippen LogP contribution in [-0.2, 0) is 16.1 Å².